The van der Waals surface area contributed by atoms with Crippen LogP contribution in [0.2, 0.25) is 0 Å². The van der Waals surface area contributed by atoms with Crippen LogP contribution >= 0.6 is 0 Å². The van der Waals surface area contributed by atoms with Gasteiger partial charge in [-0.25, -0.2) is 4.79 Å². The van der Waals surface area contributed by atoms with E-state index in [-0.39, 0.29) is 11.8 Å². The van der Waals surface area contributed by atoms with Gasteiger partial charge >= 0.3 is 17.9 Å². The van der Waals surface area contributed by atoms with E-state index < -0.39 is 29.4 Å². The SMILES string of the molecule is C=CC(=O)OC(C)(CC(C)(C)C)C1CC(=O)OC1=O. The van der Waals surface area contributed by atoms with Crippen LogP contribution in [0.3, 0.4) is 0 Å². The quantitative estimate of drug-likeness (QED) is 0.443. The van der Waals surface area contributed by atoms with E-state index in [1.807, 2.05) is 20.8 Å². The maximum absolute atomic E-state index is 11.7. The van der Waals surface area contributed by atoms with Crippen molar-refractivity contribution in [2.75, 3.05) is 0 Å². The lowest BCUT2D eigenvalue weighted by Gasteiger charge is -2.37. The molecule has 0 radical (unpaired) electrons. The van der Waals surface area contributed by atoms with E-state index in [9.17, 15) is 14.4 Å². The minimum absolute atomic E-state index is 0.0597. The van der Waals surface area contributed by atoms with Crippen LogP contribution in [0.1, 0.15) is 40.5 Å². The second-order valence-corrected chi connectivity index (χ2v) is 6.23. The number of carbonyl (C=O) groups excluding carboxylic acids is 3. The van der Waals surface area contributed by atoms with Gasteiger partial charge in [-0.05, 0) is 18.8 Å². The van der Waals surface area contributed by atoms with Gasteiger partial charge in [0, 0.05) is 6.08 Å². The van der Waals surface area contributed by atoms with Crippen molar-refractivity contribution in [3.05, 3.63) is 12.7 Å². The lowest BCUT2D eigenvalue weighted by Crippen LogP contribution is -2.44. The first-order chi connectivity index (χ1) is 8.57. The molecular weight excluding hydrogens is 248 g/mol. The Balaban J connectivity index is 3.03. The van der Waals surface area contributed by atoms with Gasteiger partial charge in [0.25, 0.3) is 0 Å². The minimum atomic E-state index is -1.08. The van der Waals surface area contributed by atoms with E-state index in [4.69, 9.17) is 4.74 Å². The molecule has 0 spiro atoms. The molecule has 2 atom stereocenters. The van der Waals surface area contributed by atoms with E-state index in [2.05, 4.69) is 11.3 Å². The van der Waals surface area contributed by atoms with Crippen LogP contribution in [0.4, 0.5) is 0 Å². The third-order valence-corrected chi connectivity index (χ3v) is 2.99. The van der Waals surface area contributed by atoms with Crippen molar-refractivity contribution in [3.8, 4) is 0 Å². The van der Waals surface area contributed by atoms with Gasteiger partial charge in [-0.2, -0.15) is 0 Å². The molecule has 19 heavy (non-hydrogen) atoms. The Morgan fingerprint density at radius 2 is 2.00 bits per heavy atom. The van der Waals surface area contributed by atoms with Gasteiger partial charge in [0.05, 0.1) is 6.42 Å². The van der Waals surface area contributed by atoms with Crippen LogP contribution in [0.5, 0.6) is 0 Å². The molecule has 0 N–H and O–H groups in total. The van der Waals surface area contributed by atoms with Gasteiger partial charge in [-0.3, -0.25) is 9.59 Å². The van der Waals surface area contributed by atoms with Crippen molar-refractivity contribution in [2.24, 2.45) is 11.3 Å². The van der Waals surface area contributed by atoms with Crippen LogP contribution in [-0.4, -0.2) is 23.5 Å². The topological polar surface area (TPSA) is 69.7 Å². The van der Waals surface area contributed by atoms with Crippen molar-refractivity contribution < 1.29 is 23.9 Å². The fourth-order valence-corrected chi connectivity index (χ4v) is 2.50. The van der Waals surface area contributed by atoms with Gasteiger partial charge < -0.3 is 9.47 Å². The van der Waals surface area contributed by atoms with Crippen LogP contribution in [-0.2, 0) is 23.9 Å². The molecule has 0 saturated carbocycles. The number of esters is 3. The number of cyclic esters (lactones) is 2. The van der Waals surface area contributed by atoms with E-state index in [1.54, 1.807) is 6.92 Å². The zero-order chi connectivity index (χ0) is 14.8. The summed E-state index contributed by atoms with van der Waals surface area (Å²) < 4.78 is 9.91. The molecule has 0 aliphatic carbocycles. The van der Waals surface area contributed by atoms with Gasteiger partial charge in [-0.1, -0.05) is 27.4 Å². The lowest BCUT2D eigenvalue weighted by atomic mass is 9.75. The second-order valence-electron chi connectivity index (χ2n) is 6.23. The lowest BCUT2D eigenvalue weighted by molar-refractivity contribution is -0.167. The third kappa shape index (κ3) is 3.91. The summed E-state index contributed by atoms with van der Waals surface area (Å²) in [6, 6.07) is 0. The predicted octanol–water partition coefficient (Wildman–Crippen LogP) is 2.00. The number of hydrogen-bond donors (Lipinski definition) is 0. The first kappa shape index (κ1) is 15.4. The average molecular weight is 268 g/mol. The number of carbonyl (C=O) groups is 3. The Bertz CT molecular complexity index is 418. The molecule has 1 heterocycles. The molecule has 0 amide bonds. The molecule has 0 bridgehead atoms. The van der Waals surface area contributed by atoms with E-state index in [0.29, 0.717) is 6.42 Å². The van der Waals surface area contributed by atoms with Gasteiger partial charge in [0.15, 0.2) is 0 Å². The predicted molar refractivity (Wildman–Crippen MR) is 68.0 cm³/mol. The summed E-state index contributed by atoms with van der Waals surface area (Å²) in [4.78, 5) is 34.4. The van der Waals surface area contributed by atoms with Crippen LogP contribution < -0.4 is 0 Å². The molecular formula is C14H20O5. The Kier molecular flexibility index (Phi) is 4.18. The smallest absolute Gasteiger partial charge is 0.330 e. The molecule has 106 valence electrons. The first-order valence-corrected chi connectivity index (χ1v) is 6.17. The third-order valence-electron chi connectivity index (χ3n) is 2.99. The maximum atomic E-state index is 11.7. The summed E-state index contributed by atoms with van der Waals surface area (Å²) in [5, 5.41) is 0. The van der Waals surface area contributed by atoms with Gasteiger partial charge in [0.2, 0.25) is 0 Å². The molecule has 0 aromatic carbocycles. The molecule has 1 aliphatic heterocycles. The second kappa shape index (κ2) is 5.15. The molecule has 2 unspecified atom stereocenters. The summed E-state index contributed by atoms with van der Waals surface area (Å²) in [6.07, 6.45) is 1.42. The fourth-order valence-electron chi connectivity index (χ4n) is 2.50. The number of hydrogen-bond acceptors (Lipinski definition) is 5. The molecule has 5 nitrogen and oxygen atoms in total. The van der Waals surface area contributed by atoms with Crippen molar-refractivity contribution in [3.63, 3.8) is 0 Å². The number of ether oxygens (including phenoxy) is 2. The Labute approximate surface area is 112 Å². The van der Waals surface area contributed by atoms with Crippen molar-refractivity contribution in [1.29, 1.82) is 0 Å². The highest BCUT2D eigenvalue weighted by molar-refractivity contribution is 5.95. The van der Waals surface area contributed by atoms with E-state index >= 15 is 0 Å². The summed E-state index contributed by atoms with van der Waals surface area (Å²) in [7, 11) is 0. The fraction of sp³-hybridized carbons (Fsp3) is 0.643. The zero-order valence-corrected chi connectivity index (χ0v) is 11.8. The zero-order valence-electron chi connectivity index (χ0n) is 11.8. The average Bonchev–Trinajstić information content (AvgIpc) is 2.55. The van der Waals surface area contributed by atoms with Crippen LogP contribution in [0, 0.1) is 11.3 Å². The number of rotatable bonds is 4. The first-order valence-electron chi connectivity index (χ1n) is 6.17. The molecule has 0 aromatic heterocycles. The van der Waals surface area contributed by atoms with Crippen molar-refractivity contribution >= 4 is 17.9 Å². The minimum Gasteiger partial charge on any atom is -0.455 e. The van der Waals surface area contributed by atoms with E-state index in [1.165, 1.54) is 0 Å². The largest absolute Gasteiger partial charge is 0.455 e. The van der Waals surface area contributed by atoms with Crippen molar-refractivity contribution in [2.45, 2.75) is 46.1 Å². The maximum Gasteiger partial charge on any atom is 0.330 e. The van der Waals surface area contributed by atoms with Crippen LogP contribution in [0.15, 0.2) is 12.7 Å². The van der Waals surface area contributed by atoms with Crippen molar-refractivity contribution in [1.82, 2.24) is 0 Å². The molecule has 1 aliphatic rings. The Hall–Kier alpha value is -1.65. The van der Waals surface area contributed by atoms with Gasteiger partial charge in [0.1, 0.15) is 11.5 Å². The highest BCUT2D eigenvalue weighted by atomic mass is 16.6. The molecule has 0 aromatic rings. The standard InChI is InChI=1S/C14H20O5/c1-6-10(15)19-14(5,8-13(2,3)4)9-7-11(16)18-12(9)17/h6,9H,1,7-8H2,2-5H3. The normalized spacial score (nSPS) is 22.6. The molecule has 5 heteroatoms. The van der Waals surface area contributed by atoms with Gasteiger partial charge in [-0.15, -0.1) is 0 Å². The summed E-state index contributed by atoms with van der Waals surface area (Å²) in [5.74, 6) is -2.58. The highest BCUT2D eigenvalue weighted by Crippen LogP contribution is 2.39. The summed E-state index contributed by atoms with van der Waals surface area (Å²) >= 11 is 0. The molecule has 1 fully saturated rings. The summed E-state index contributed by atoms with van der Waals surface area (Å²) in [5.41, 5.74) is -1.26. The van der Waals surface area contributed by atoms with Crippen LogP contribution in [0.25, 0.3) is 0 Å². The van der Waals surface area contributed by atoms with E-state index in [0.717, 1.165) is 6.08 Å². The monoisotopic (exact) mass is 268 g/mol. The molecule has 1 saturated heterocycles. The Morgan fingerprint density at radius 3 is 2.37 bits per heavy atom. The summed E-state index contributed by atoms with van der Waals surface area (Å²) in [6.45, 7) is 10.9. The molecule has 1 rings (SSSR count). The highest BCUT2D eigenvalue weighted by Gasteiger charge is 2.50. The Morgan fingerprint density at radius 1 is 1.42 bits per heavy atom.